The summed E-state index contributed by atoms with van der Waals surface area (Å²) in [6, 6.07) is 11.8. The zero-order valence-electron chi connectivity index (χ0n) is 11.0. The van der Waals surface area contributed by atoms with Crippen LogP contribution in [0.1, 0.15) is 0 Å². The van der Waals surface area contributed by atoms with Crippen LogP contribution in [0.2, 0.25) is 5.02 Å². The number of sulfonamides is 1. The number of rotatable bonds is 5. The minimum atomic E-state index is -3.76. The van der Waals surface area contributed by atoms with Crippen LogP contribution in [-0.2, 0) is 10.0 Å². The summed E-state index contributed by atoms with van der Waals surface area (Å²) < 4.78 is 39.7. The van der Waals surface area contributed by atoms with Crippen LogP contribution in [-0.4, -0.2) is 15.0 Å². The molecule has 0 aliphatic carbocycles. The Balaban J connectivity index is 2.53. The monoisotopic (exact) mass is 325 g/mol. The normalized spacial score (nSPS) is 11.1. The first-order chi connectivity index (χ1) is 9.96. The van der Waals surface area contributed by atoms with Crippen LogP contribution in [0.25, 0.3) is 0 Å². The van der Waals surface area contributed by atoms with E-state index in [9.17, 15) is 12.8 Å². The van der Waals surface area contributed by atoms with Crippen molar-refractivity contribution in [1.29, 1.82) is 0 Å². The lowest BCUT2D eigenvalue weighted by Gasteiger charge is -2.23. The highest BCUT2D eigenvalue weighted by molar-refractivity contribution is 7.92. The quantitative estimate of drug-likeness (QED) is 0.783. The first kappa shape index (κ1) is 15.5. The second kappa shape index (κ2) is 6.28. The summed E-state index contributed by atoms with van der Waals surface area (Å²) in [5.41, 5.74) is 0.283. The summed E-state index contributed by atoms with van der Waals surface area (Å²) in [4.78, 5) is 0.146. The fourth-order valence-electron chi connectivity index (χ4n) is 1.82. The molecule has 3 nitrogen and oxygen atoms in total. The Hall–Kier alpha value is -1.85. The molecule has 0 aliphatic rings. The largest absolute Gasteiger partial charge is 0.264 e. The van der Waals surface area contributed by atoms with Crippen molar-refractivity contribution in [2.24, 2.45) is 0 Å². The zero-order chi connectivity index (χ0) is 15.5. The van der Waals surface area contributed by atoms with Crippen LogP contribution >= 0.6 is 11.6 Å². The molecule has 0 saturated heterocycles. The predicted molar refractivity (Wildman–Crippen MR) is 82.6 cm³/mol. The Morgan fingerprint density at radius 2 is 1.86 bits per heavy atom. The van der Waals surface area contributed by atoms with Crippen molar-refractivity contribution < 1.29 is 12.8 Å². The molecule has 0 unspecified atom stereocenters. The van der Waals surface area contributed by atoms with Crippen molar-refractivity contribution in [3.8, 4) is 0 Å². The van der Waals surface area contributed by atoms with Gasteiger partial charge in [0.25, 0.3) is 10.0 Å². The SMILES string of the molecule is C=CCN(c1ccc(F)c(Cl)c1)S(=O)(=O)c1ccccc1. The maximum absolute atomic E-state index is 13.2. The molecular weight excluding hydrogens is 313 g/mol. The van der Waals surface area contributed by atoms with E-state index in [1.807, 2.05) is 0 Å². The molecule has 0 aromatic heterocycles. The van der Waals surface area contributed by atoms with E-state index in [-0.39, 0.29) is 22.2 Å². The lowest BCUT2D eigenvalue weighted by Crippen LogP contribution is -2.31. The predicted octanol–water partition coefficient (Wildman–Crippen LogP) is 3.86. The van der Waals surface area contributed by atoms with Crippen molar-refractivity contribution >= 4 is 27.3 Å². The van der Waals surface area contributed by atoms with Gasteiger partial charge >= 0.3 is 0 Å². The van der Waals surface area contributed by atoms with Gasteiger partial charge in [0.05, 0.1) is 22.2 Å². The van der Waals surface area contributed by atoms with Crippen molar-refractivity contribution in [2.75, 3.05) is 10.8 Å². The van der Waals surface area contributed by atoms with Gasteiger partial charge in [-0.25, -0.2) is 12.8 Å². The summed E-state index contributed by atoms with van der Waals surface area (Å²) in [5.74, 6) is -0.601. The van der Waals surface area contributed by atoms with Gasteiger partial charge in [0.2, 0.25) is 0 Å². The van der Waals surface area contributed by atoms with Crippen molar-refractivity contribution in [1.82, 2.24) is 0 Å². The van der Waals surface area contributed by atoms with E-state index in [1.165, 1.54) is 30.3 Å². The highest BCUT2D eigenvalue weighted by Crippen LogP contribution is 2.27. The van der Waals surface area contributed by atoms with E-state index in [4.69, 9.17) is 11.6 Å². The summed E-state index contributed by atoms with van der Waals surface area (Å²) in [6.07, 6.45) is 1.46. The topological polar surface area (TPSA) is 37.4 Å². The van der Waals surface area contributed by atoms with Gasteiger partial charge in [-0.05, 0) is 30.3 Å². The molecule has 0 aliphatic heterocycles. The molecule has 0 radical (unpaired) electrons. The first-order valence-electron chi connectivity index (χ1n) is 6.10. The summed E-state index contributed by atoms with van der Waals surface area (Å²) >= 11 is 5.73. The van der Waals surface area contributed by atoms with E-state index in [0.29, 0.717) is 0 Å². The lowest BCUT2D eigenvalue weighted by atomic mass is 10.3. The number of hydrogen-bond acceptors (Lipinski definition) is 2. The molecule has 2 rings (SSSR count). The zero-order valence-corrected chi connectivity index (χ0v) is 12.6. The van der Waals surface area contributed by atoms with E-state index in [1.54, 1.807) is 18.2 Å². The fraction of sp³-hybridized carbons (Fsp3) is 0.0667. The molecule has 0 saturated carbocycles. The third-order valence-electron chi connectivity index (χ3n) is 2.82. The van der Waals surface area contributed by atoms with Gasteiger partial charge in [-0.2, -0.15) is 0 Å². The molecule has 0 heterocycles. The average Bonchev–Trinajstić information content (AvgIpc) is 2.48. The minimum absolute atomic E-state index is 0.0548. The molecule has 0 fully saturated rings. The highest BCUT2D eigenvalue weighted by atomic mass is 35.5. The number of hydrogen-bond donors (Lipinski definition) is 0. The number of nitrogens with zero attached hydrogens (tertiary/aromatic N) is 1. The Kier molecular flexibility index (Phi) is 4.65. The molecule has 0 spiro atoms. The molecule has 0 atom stereocenters. The molecule has 2 aromatic carbocycles. The van der Waals surface area contributed by atoms with Gasteiger partial charge in [-0.15, -0.1) is 6.58 Å². The Bertz CT molecular complexity index is 748. The molecule has 6 heteroatoms. The Morgan fingerprint density at radius 1 is 1.19 bits per heavy atom. The van der Waals surface area contributed by atoms with E-state index >= 15 is 0 Å². The summed E-state index contributed by atoms with van der Waals surface area (Å²) in [5, 5.41) is -0.134. The number of benzene rings is 2. The second-order valence-corrected chi connectivity index (χ2v) is 6.51. The molecule has 21 heavy (non-hydrogen) atoms. The molecule has 0 amide bonds. The number of anilines is 1. The smallest absolute Gasteiger partial charge is 0.262 e. The van der Waals surface area contributed by atoms with Crippen LogP contribution in [0.4, 0.5) is 10.1 Å². The molecule has 2 aromatic rings. The van der Waals surface area contributed by atoms with Gasteiger partial charge < -0.3 is 0 Å². The molecule has 0 bridgehead atoms. The summed E-state index contributed by atoms with van der Waals surface area (Å²) in [7, 11) is -3.76. The van der Waals surface area contributed by atoms with E-state index in [2.05, 4.69) is 6.58 Å². The van der Waals surface area contributed by atoms with Gasteiger partial charge in [0.1, 0.15) is 5.82 Å². The highest BCUT2D eigenvalue weighted by Gasteiger charge is 2.24. The van der Waals surface area contributed by atoms with Gasteiger partial charge in [-0.1, -0.05) is 35.9 Å². The number of halogens is 2. The Labute approximate surface area is 128 Å². The van der Waals surface area contributed by atoms with Crippen molar-refractivity contribution in [3.05, 3.63) is 72.0 Å². The van der Waals surface area contributed by atoms with Gasteiger partial charge in [0.15, 0.2) is 0 Å². The van der Waals surface area contributed by atoms with Crippen molar-refractivity contribution in [2.45, 2.75) is 4.90 Å². The minimum Gasteiger partial charge on any atom is -0.262 e. The molecule has 110 valence electrons. The third-order valence-corrected chi connectivity index (χ3v) is 4.91. The summed E-state index contributed by atoms with van der Waals surface area (Å²) in [6.45, 7) is 3.61. The van der Waals surface area contributed by atoms with E-state index < -0.39 is 15.8 Å². The average molecular weight is 326 g/mol. The second-order valence-electron chi connectivity index (χ2n) is 4.24. The van der Waals surface area contributed by atoms with Crippen LogP contribution in [0, 0.1) is 5.82 Å². The van der Waals surface area contributed by atoms with Crippen LogP contribution in [0.5, 0.6) is 0 Å². The molecule has 0 N–H and O–H groups in total. The van der Waals surface area contributed by atoms with Gasteiger partial charge in [0, 0.05) is 0 Å². The van der Waals surface area contributed by atoms with Crippen molar-refractivity contribution in [3.63, 3.8) is 0 Å². The lowest BCUT2D eigenvalue weighted by molar-refractivity contribution is 0.592. The van der Waals surface area contributed by atoms with Crippen LogP contribution in [0.15, 0.2) is 66.1 Å². The first-order valence-corrected chi connectivity index (χ1v) is 7.92. The Morgan fingerprint density at radius 3 is 2.43 bits per heavy atom. The van der Waals surface area contributed by atoms with E-state index in [0.717, 1.165) is 10.4 Å². The molecular formula is C15H13ClFNO2S. The fourth-order valence-corrected chi connectivity index (χ4v) is 3.44. The third kappa shape index (κ3) is 3.25. The maximum Gasteiger partial charge on any atom is 0.264 e. The van der Waals surface area contributed by atoms with Gasteiger partial charge in [-0.3, -0.25) is 4.31 Å². The standard InChI is InChI=1S/C15H13ClFNO2S/c1-2-10-18(12-8-9-15(17)14(16)11-12)21(19,20)13-6-4-3-5-7-13/h2-9,11H,1,10H2. The maximum atomic E-state index is 13.2. The van der Waals surface area contributed by atoms with Crippen LogP contribution in [0.3, 0.4) is 0 Å². The van der Waals surface area contributed by atoms with Crippen LogP contribution < -0.4 is 4.31 Å².